The molecule has 0 atom stereocenters. The van der Waals surface area contributed by atoms with E-state index in [1.807, 2.05) is 0 Å². The van der Waals surface area contributed by atoms with Crippen LogP contribution in [0.3, 0.4) is 0 Å². The Morgan fingerprint density at radius 3 is 1.24 bits per heavy atom. The number of anilines is 1. The maximum atomic E-state index is 14.2. The third-order valence-electron chi connectivity index (χ3n) is 10.2. The molecule has 0 saturated carbocycles. The van der Waals surface area contributed by atoms with Crippen LogP contribution < -0.4 is 14.7 Å². The molecule has 0 radical (unpaired) electrons. The van der Waals surface area contributed by atoms with E-state index in [4.69, 9.17) is 0 Å². The molecule has 10 rings (SSSR count). The van der Waals surface area contributed by atoms with E-state index in [1.165, 1.54) is 48.5 Å². The number of aromatic nitrogens is 8. The standard InChI is InChI=1S/C38H21N9O14S5.Ni/c48-62(49,47-17-13-15-18(16-14-17)63(50,51)52)23-9-1-5-19-27(23)35-39-31(19)41-36-29-21(7-3-11-25(29)65(56,57)58)33(43-36)45-38-30-22(8-4-12-26(30)66(59,60)61)34(46-38)44-37-28-20(32(40-35)42-37)6-2-10-24(28)64(53,54)55;/h1-16,47H,(H4-2,39,40,41,42,43,44,45,46,50,51,52,53,54,55,56,57,58,59,60,61);/q-2;+2. The van der Waals surface area contributed by atoms with E-state index in [9.17, 15) is 60.3 Å². The predicted octanol–water partition coefficient (Wildman–Crippen LogP) is 2.99. The van der Waals surface area contributed by atoms with E-state index < -0.39 is 137 Å². The van der Waals surface area contributed by atoms with E-state index in [-0.39, 0.29) is 55.3 Å². The Balaban J connectivity index is 0.00000187. The van der Waals surface area contributed by atoms with Crippen molar-refractivity contribution < 1.29 is 82.5 Å². The van der Waals surface area contributed by atoms with E-state index in [1.54, 1.807) is 0 Å². The summed E-state index contributed by atoms with van der Waals surface area (Å²) in [5.41, 5.74) is -3.04. The minimum absolute atomic E-state index is 0. The Hall–Kier alpha value is -6.66. The van der Waals surface area contributed by atoms with Crippen LogP contribution in [0.4, 0.5) is 5.69 Å². The predicted molar refractivity (Wildman–Crippen MR) is 228 cm³/mol. The molecule has 0 fully saturated rings. The Kier molecular flexibility index (Phi) is 10.5. The number of benzene rings is 5. The monoisotopic (exact) mass is 1040 g/mol. The third-order valence-corrected chi connectivity index (χ3v) is 15.1. The molecule has 1 N–H and O–H groups in total. The molecular weight excluding hydrogens is 1030 g/mol. The summed E-state index contributed by atoms with van der Waals surface area (Å²) in [6.07, 6.45) is 0. The van der Waals surface area contributed by atoms with Crippen molar-refractivity contribution in [3.8, 4) is 45.6 Å². The quantitative estimate of drug-likeness (QED) is 0.177. The molecule has 342 valence electrons. The minimum Gasteiger partial charge on any atom is -0.744 e. The van der Waals surface area contributed by atoms with Crippen molar-refractivity contribution >= 4 is 100 Å². The summed E-state index contributed by atoms with van der Waals surface area (Å²) in [6.45, 7) is 0. The molecule has 29 heteroatoms. The van der Waals surface area contributed by atoms with Crippen molar-refractivity contribution in [3.63, 3.8) is 0 Å². The number of rotatable bonds is 7. The molecule has 8 bridgehead atoms. The van der Waals surface area contributed by atoms with Crippen LogP contribution in [0.25, 0.3) is 89.7 Å². The SMILES string of the molecule is O=S(=O)([O-])c1ccc(NS(=O)(=O)c2cccc3c2-c2nc-3nc3[n-]c(nc4nc(nc5[n-]c(n2)c2cccc(S(=O)(=O)[O-])c52)-c2cccc(S(=O)(=O)[O-])c2-4)c2cccc(S(=O)(=O)[O-])c32)cc1.[H+].[H+].[H+].[H+].[Ni+2]. The molecule has 67 heavy (non-hydrogen) atoms. The Morgan fingerprint density at radius 1 is 0.418 bits per heavy atom. The average Bonchev–Trinajstić information content (AvgIpc) is 3.98. The van der Waals surface area contributed by atoms with Gasteiger partial charge in [-0.1, -0.05) is 48.5 Å². The first-order chi connectivity index (χ1) is 31.0. The van der Waals surface area contributed by atoms with Gasteiger partial charge >= 0.3 is 22.2 Å². The van der Waals surface area contributed by atoms with Crippen LogP contribution in [0.15, 0.2) is 122 Å². The summed E-state index contributed by atoms with van der Waals surface area (Å²) in [4.78, 5) is 31.9. The molecule has 0 saturated heterocycles. The normalized spacial score (nSPS) is 13.0. The molecule has 0 unspecified atom stereocenters. The van der Waals surface area contributed by atoms with Gasteiger partial charge in [0.2, 0.25) is 0 Å². The fourth-order valence-electron chi connectivity index (χ4n) is 7.47. The molecule has 23 nitrogen and oxygen atoms in total. The number of fused-ring (bicyclic) bond motifs is 20. The second-order valence-electron chi connectivity index (χ2n) is 14.1. The second-order valence-corrected chi connectivity index (χ2v) is 21.2. The van der Waals surface area contributed by atoms with Crippen LogP contribution in [0.2, 0.25) is 0 Å². The molecule has 5 aromatic carbocycles. The van der Waals surface area contributed by atoms with Crippen molar-refractivity contribution in [3.05, 3.63) is 97.1 Å². The van der Waals surface area contributed by atoms with Gasteiger partial charge in [0.25, 0.3) is 10.0 Å². The molecular formula is C38H21N9NiO14S5. The van der Waals surface area contributed by atoms with Gasteiger partial charge in [0.05, 0.1) is 47.8 Å². The van der Waals surface area contributed by atoms with Crippen LogP contribution in [-0.2, 0) is 67.0 Å². The fourth-order valence-corrected chi connectivity index (χ4v) is 11.3. The topological polar surface area (TPSA) is 381 Å². The second kappa shape index (κ2) is 15.5. The van der Waals surface area contributed by atoms with Crippen molar-refractivity contribution in [2.45, 2.75) is 24.5 Å². The first kappa shape index (κ1) is 45.5. The summed E-state index contributed by atoms with van der Waals surface area (Å²) in [6, 6.07) is 17.8. The molecule has 3 aromatic heterocycles. The van der Waals surface area contributed by atoms with Gasteiger partial charge in [0.1, 0.15) is 40.5 Å². The zero-order chi connectivity index (χ0) is 46.9. The number of nitrogens with one attached hydrogen (secondary N) is 1. The van der Waals surface area contributed by atoms with Gasteiger partial charge in [-0.3, -0.25) is 4.72 Å². The maximum Gasteiger partial charge on any atom is 2.00 e. The van der Waals surface area contributed by atoms with Gasteiger partial charge in [0, 0.05) is 61.3 Å². The van der Waals surface area contributed by atoms with Crippen molar-refractivity contribution in [1.82, 2.24) is 39.9 Å². The van der Waals surface area contributed by atoms with Crippen LogP contribution in [-0.4, -0.2) is 90.2 Å². The zero-order valence-electron chi connectivity index (χ0n) is 36.4. The first-order valence-corrected chi connectivity index (χ1v) is 25.3. The third kappa shape index (κ3) is 7.78. The van der Waals surface area contributed by atoms with E-state index in [2.05, 4.69) is 44.6 Å². The van der Waals surface area contributed by atoms with Gasteiger partial charge < -0.3 is 48.1 Å². The molecule has 5 heterocycles. The summed E-state index contributed by atoms with van der Waals surface area (Å²) in [5, 5.41) is -1.13. The van der Waals surface area contributed by atoms with Gasteiger partial charge in [-0.05, 0) is 59.3 Å². The van der Waals surface area contributed by atoms with Crippen LogP contribution in [0.5, 0.6) is 0 Å². The number of nitrogens with zero attached hydrogens (tertiary/aromatic N) is 8. The fraction of sp³-hybridized carbons (Fsp3) is 0. The van der Waals surface area contributed by atoms with E-state index in [0.29, 0.717) is 0 Å². The molecule has 8 aromatic rings. The van der Waals surface area contributed by atoms with Crippen molar-refractivity contribution in [2.75, 3.05) is 4.72 Å². The molecule has 0 aliphatic carbocycles. The van der Waals surface area contributed by atoms with Crippen LogP contribution >= 0.6 is 0 Å². The minimum atomic E-state index is -5.32. The van der Waals surface area contributed by atoms with Gasteiger partial charge in [-0.25, -0.2) is 52.1 Å². The Morgan fingerprint density at radius 2 is 0.806 bits per heavy atom. The molecule has 0 amide bonds. The summed E-state index contributed by atoms with van der Waals surface area (Å²) >= 11 is 0. The molecule has 2 aliphatic heterocycles. The summed E-state index contributed by atoms with van der Waals surface area (Å²) in [7, 11) is -25.6. The Bertz CT molecular complexity index is 4270. The number of hydrogen-bond donors (Lipinski definition) is 1. The van der Waals surface area contributed by atoms with Gasteiger partial charge in [-0.15, -0.1) is 0 Å². The molecule has 0 spiro atoms. The average molecular weight is 1050 g/mol. The van der Waals surface area contributed by atoms with Crippen molar-refractivity contribution in [1.29, 1.82) is 0 Å². The maximum absolute atomic E-state index is 14.2. The first-order valence-electron chi connectivity index (χ1n) is 18.2. The van der Waals surface area contributed by atoms with Crippen molar-refractivity contribution in [2.24, 2.45) is 0 Å². The molecule has 2 aliphatic rings. The number of sulfonamides is 1. The summed E-state index contributed by atoms with van der Waals surface area (Å²) < 4.78 is 180. The smallest absolute Gasteiger partial charge is 0.744 e. The Labute approximate surface area is 392 Å². The van der Waals surface area contributed by atoms with E-state index >= 15 is 0 Å². The largest absolute Gasteiger partial charge is 2.00 e. The zero-order valence-corrected chi connectivity index (χ0v) is 37.5. The number of hydrogen-bond acceptors (Lipinski definition) is 20. The van der Waals surface area contributed by atoms with Gasteiger partial charge in [0.15, 0.2) is 0 Å². The summed E-state index contributed by atoms with van der Waals surface area (Å²) in [5.74, 6) is -1.83. The van der Waals surface area contributed by atoms with Crippen LogP contribution in [0, 0.1) is 0 Å². The van der Waals surface area contributed by atoms with Gasteiger partial charge in [-0.2, -0.15) is 0 Å². The van der Waals surface area contributed by atoms with Crippen LogP contribution in [0.1, 0.15) is 5.71 Å². The van der Waals surface area contributed by atoms with E-state index in [0.717, 1.165) is 48.5 Å².